The van der Waals surface area contributed by atoms with Gasteiger partial charge in [0, 0.05) is 51.3 Å². The van der Waals surface area contributed by atoms with Crippen molar-refractivity contribution in [3.8, 4) is 23.0 Å². The van der Waals surface area contributed by atoms with Crippen molar-refractivity contribution >= 4 is 0 Å². The van der Waals surface area contributed by atoms with Crippen molar-refractivity contribution in [3.05, 3.63) is 60.0 Å². The lowest BCUT2D eigenvalue weighted by molar-refractivity contribution is 0.126. The van der Waals surface area contributed by atoms with Crippen LogP contribution in [0.15, 0.2) is 52.9 Å². The molecule has 3 aromatic rings. The van der Waals surface area contributed by atoms with E-state index in [0.29, 0.717) is 18.6 Å². The molecule has 2 aromatic carbocycles. The van der Waals surface area contributed by atoms with E-state index in [9.17, 15) is 0 Å². The van der Waals surface area contributed by atoms with Crippen molar-refractivity contribution in [1.82, 2.24) is 20.0 Å². The number of fused-ring (bicyclic) bond motifs is 1. The van der Waals surface area contributed by atoms with E-state index >= 15 is 0 Å². The first-order chi connectivity index (χ1) is 14.3. The van der Waals surface area contributed by atoms with Crippen molar-refractivity contribution in [3.63, 3.8) is 0 Å². The van der Waals surface area contributed by atoms with Crippen LogP contribution in [0.3, 0.4) is 0 Å². The van der Waals surface area contributed by atoms with E-state index in [4.69, 9.17) is 13.9 Å². The van der Waals surface area contributed by atoms with E-state index in [1.54, 1.807) is 0 Å². The van der Waals surface area contributed by atoms with Gasteiger partial charge in [-0.05, 0) is 29.8 Å². The second-order valence-corrected chi connectivity index (χ2v) is 7.42. The minimum atomic E-state index is 0.324. The Morgan fingerprint density at radius 1 is 0.828 bits per heavy atom. The Balaban J connectivity index is 1.09. The molecule has 150 valence electrons. The Bertz CT molecular complexity index is 952. The molecule has 3 heterocycles. The summed E-state index contributed by atoms with van der Waals surface area (Å²) in [6.07, 6.45) is 0.780. The topological polar surface area (TPSA) is 63.9 Å². The Labute approximate surface area is 169 Å². The number of aromatic nitrogens is 2. The average Bonchev–Trinajstić information content (AvgIpc) is 3.43. The van der Waals surface area contributed by atoms with Crippen molar-refractivity contribution in [2.45, 2.75) is 13.0 Å². The van der Waals surface area contributed by atoms with Crippen LogP contribution in [0.4, 0.5) is 0 Å². The first-order valence-electron chi connectivity index (χ1n) is 10.0. The molecule has 2 aliphatic heterocycles. The Morgan fingerprint density at radius 3 is 2.48 bits per heavy atom. The van der Waals surface area contributed by atoms with Crippen molar-refractivity contribution in [2.75, 3.05) is 39.5 Å². The molecule has 0 radical (unpaired) electrons. The second kappa shape index (κ2) is 8.23. The molecule has 0 amide bonds. The molecule has 7 nitrogen and oxygen atoms in total. The first kappa shape index (κ1) is 18.1. The third kappa shape index (κ3) is 4.26. The average molecular weight is 392 g/mol. The smallest absolute Gasteiger partial charge is 0.247 e. The van der Waals surface area contributed by atoms with E-state index in [1.807, 2.05) is 36.4 Å². The number of hydrogen-bond donors (Lipinski definition) is 0. The molecule has 7 heteroatoms. The quantitative estimate of drug-likeness (QED) is 0.639. The summed E-state index contributed by atoms with van der Waals surface area (Å²) >= 11 is 0. The van der Waals surface area contributed by atoms with Crippen LogP contribution in [-0.2, 0) is 13.0 Å². The lowest BCUT2D eigenvalue weighted by atomic mass is 10.1. The van der Waals surface area contributed by atoms with Crippen LogP contribution in [0, 0.1) is 0 Å². The fraction of sp³-hybridized carbons (Fsp3) is 0.364. The summed E-state index contributed by atoms with van der Waals surface area (Å²) in [6, 6.07) is 16.1. The lowest BCUT2D eigenvalue weighted by Gasteiger charge is -2.34. The number of piperazine rings is 1. The van der Waals surface area contributed by atoms with Crippen LogP contribution in [0.25, 0.3) is 11.5 Å². The highest BCUT2D eigenvalue weighted by molar-refractivity contribution is 5.51. The maximum atomic E-state index is 5.82. The van der Waals surface area contributed by atoms with Crippen LogP contribution in [0.5, 0.6) is 11.5 Å². The van der Waals surface area contributed by atoms with E-state index in [2.05, 4.69) is 32.1 Å². The largest absolute Gasteiger partial charge is 0.454 e. The highest BCUT2D eigenvalue weighted by Crippen LogP contribution is 2.32. The predicted octanol–water partition coefficient (Wildman–Crippen LogP) is 2.83. The second-order valence-electron chi connectivity index (χ2n) is 7.42. The maximum absolute atomic E-state index is 5.82. The van der Waals surface area contributed by atoms with Crippen molar-refractivity contribution in [2.24, 2.45) is 0 Å². The minimum Gasteiger partial charge on any atom is -0.454 e. The summed E-state index contributed by atoms with van der Waals surface area (Å²) in [5.41, 5.74) is 2.23. The summed E-state index contributed by atoms with van der Waals surface area (Å²) in [5.74, 6) is 2.99. The molecule has 0 N–H and O–H groups in total. The van der Waals surface area contributed by atoms with Gasteiger partial charge < -0.3 is 18.8 Å². The Hall–Kier alpha value is -2.90. The lowest BCUT2D eigenvalue weighted by Crippen LogP contribution is -2.46. The molecule has 1 aromatic heterocycles. The van der Waals surface area contributed by atoms with Gasteiger partial charge in [-0.15, -0.1) is 10.2 Å². The van der Waals surface area contributed by atoms with Crippen molar-refractivity contribution < 1.29 is 13.9 Å². The zero-order valence-electron chi connectivity index (χ0n) is 16.3. The van der Waals surface area contributed by atoms with Crippen LogP contribution in [-0.4, -0.2) is 59.5 Å². The Morgan fingerprint density at radius 2 is 1.62 bits per heavy atom. The fourth-order valence-corrected chi connectivity index (χ4v) is 3.77. The molecular weight excluding hydrogens is 368 g/mol. The predicted molar refractivity (Wildman–Crippen MR) is 108 cm³/mol. The van der Waals surface area contributed by atoms with Crippen molar-refractivity contribution in [1.29, 1.82) is 0 Å². The van der Waals surface area contributed by atoms with Crippen LogP contribution in [0.1, 0.15) is 11.5 Å². The van der Waals surface area contributed by atoms with Crippen LogP contribution in [0.2, 0.25) is 0 Å². The summed E-state index contributed by atoms with van der Waals surface area (Å²) in [7, 11) is 0. The van der Waals surface area contributed by atoms with Gasteiger partial charge in [-0.2, -0.15) is 0 Å². The van der Waals surface area contributed by atoms with Gasteiger partial charge in [0.05, 0.1) is 0 Å². The maximum Gasteiger partial charge on any atom is 0.247 e. The van der Waals surface area contributed by atoms with Crippen LogP contribution >= 0.6 is 0 Å². The zero-order chi connectivity index (χ0) is 19.5. The minimum absolute atomic E-state index is 0.324. The van der Waals surface area contributed by atoms with E-state index < -0.39 is 0 Å². The van der Waals surface area contributed by atoms with Gasteiger partial charge in [-0.3, -0.25) is 4.90 Å². The molecule has 0 bridgehead atoms. The SMILES string of the molecule is c1ccc(-c2nnc(CCN3CCN(Cc4ccc5c(c4)OCO5)CC3)o2)cc1. The van der Waals surface area contributed by atoms with Gasteiger partial charge in [-0.1, -0.05) is 24.3 Å². The van der Waals surface area contributed by atoms with E-state index in [1.165, 1.54) is 5.56 Å². The molecule has 1 fully saturated rings. The van der Waals surface area contributed by atoms with Crippen LogP contribution < -0.4 is 9.47 Å². The highest BCUT2D eigenvalue weighted by Gasteiger charge is 2.19. The molecule has 0 atom stereocenters. The highest BCUT2D eigenvalue weighted by atomic mass is 16.7. The molecule has 1 saturated heterocycles. The van der Waals surface area contributed by atoms with Gasteiger partial charge in [0.1, 0.15) is 0 Å². The molecular formula is C22H24N4O3. The fourth-order valence-electron chi connectivity index (χ4n) is 3.77. The third-order valence-corrected chi connectivity index (χ3v) is 5.44. The summed E-state index contributed by atoms with van der Waals surface area (Å²) in [4.78, 5) is 4.94. The molecule has 0 saturated carbocycles. The molecule has 2 aliphatic rings. The number of ether oxygens (including phenoxy) is 2. The number of hydrogen-bond acceptors (Lipinski definition) is 7. The normalized spacial score (nSPS) is 17.0. The number of benzene rings is 2. The summed E-state index contributed by atoms with van der Waals surface area (Å²) in [6.45, 7) is 6.39. The zero-order valence-corrected chi connectivity index (χ0v) is 16.3. The summed E-state index contributed by atoms with van der Waals surface area (Å²) < 4.78 is 16.7. The third-order valence-electron chi connectivity index (χ3n) is 5.44. The monoisotopic (exact) mass is 392 g/mol. The molecule has 5 rings (SSSR count). The van der Waals surface area contributed by atoms with Gasteiger partial charge in [0.2, 0.25) is 18.6 Å². The van der Waals surface area contributed by atoms with Gasteiger partial charge in [0.25, 0.3) is 0 Å². The number of nitrogens with zero attached hydrogens (tertiary/aromatic N) is 4. The van der Waals surface area contributed by atoms with Gasteiger partial charge in [0.15, 0.2) is 11.5 Å². The van der Waals surface area contributed by atoms with Gasteiger partial charge in [-0.25, -0.2) is 0 Å². The molecule has 0 spiro atoms. The first-order valence-corrected chi connectivity index (χ1v) is 10.0. The molecule has 0 aliphatic carbocycles. The molecule has 29 heavy (non-hydrogen) atoms. The molecule has 0 unspecified atom stereocenters. The van der Waals surface area contributed by atoms with E-state index in [0.717, 1.165) is 62.8 Å². The standard InChI is InChI=1S/C22H24N4O3/c1-2-4-18(5-3-1)22-24-23-21(29-22)8-9-25-10-12-26(13-11-25)15-17-6-7-19-20(14-17)28-16-27-19/h1-7,14H,8-13,15-16H2. The van der Waals surface area contributed by atoms with Gasteiger partial charge >= 0.3 is 0 Å². The summed E-state index contributed by atoms with van der Waals surface area (Å²) in [5, 5.41) is 8.37. The number of rotatable bonds is 6. The van der Waals surface area contributed by atoms with E-state index in [-0.39, 0.29) is 0 Å². The Kier molecular flexibility index (Phi) is 5.15.